The Kier molecular flexibility index (Phi) is 5.33. The van der Waals surface area contributed by atoms with Crippen LogP contribution in [0, 0.1) is 0 Å². The van der Waals surface area contributed by atoms with Gasteiger partial charge in [-0.05, 0) is 25.6 Å². The van der Waals surface area contributed by atoms with E-state index in [2.05, 4.69) is 32.8 Å². The van der Waals surface area contributed by atoms with Crippen molar-refractivity contribution in [1.82, 2.24) is 19.7 Å². The lowest BCUT2D eigenvalue weighted by Crippen LogP contribution is -2.16. The zero-order chi connectivity index (χ0) is 15.2. The van der Waals surface area contributed by atoms with E-state index in [1.54, 1.807) is 7.11 Å². The van der Waals surface area contributed by atoms with E-state index >= 15 is 0 Å². The van der Waals surface area contributed by atoms with E-state index in [0.717, 1.165) is 37.4 Å². The smallest absolute Gasteiger partial charge is 0.213 e. The van der Waals surface area contributed by atoms with Crippen LogP contribution in [0.5, 0.6) is 5.88 Å². The molecule has 0 radical (unpaired) electrons. The molecule has 0 unspecified atom stereocenters. The van der Waals surface area contributed by atoms with E-state index in [9.17, 15) is 0 Å². The van der Waals surface area contributed by atoms with E-state index < -0.39 is 0 Å². The van der Waals surface area contributed by atoms with E-state index in [4.69, 9.17) is 4.74 Å². The summed E-state index contributed by atoms with van der Waals surface area (Å²) < 4.78 is 7.26. The quantitative estimate of drug-likeness (QED) is 0.852. The van der Waals surface area contributed by atoms with Gasteiger partial charge in [0.2, 0.25) is 5.88 Å². The van der Waals surface area contributed by atoms with E-state index in [1.807, 2.05) is 32.0 Å². The molecule has 0 amide bonds. The summed E-state index contributed by atoms with van der Waals surface area (Å²) in [5.41, 5.74) is 3.03. The van der Waals surface area contributed by atoms with Gasteiger partial charge in [-0.2, -0.15) is 5.10 Å². The summed E-state index contributed by atoms with van der Waals surface area (Å²) >= 11 is 0. The lowest BCUT2D eigenvalue weighted by atomic mass is 10.2. The number of rotatable bonds is 2. The van der Waals surface area contributed by atoms with E-state index in [0.29, 0.717) is 5.88 Å². The SMILES string of the molecule is CC.COc1cccc(-c2cc3n(n2)CCCN(C)C3)n1. The number of hydrogen-bond acceptors (Lipinski definition) is 4. The first-order chi connectivity index (χ1) is 10.3. The van der Waals surface area contributed by atoms with Crippen LogP contribution in [0.1, 0.15) is 26.0 Å². The van der Waals surface area contributed by atoms with Crippen molar-refractivity contribution >= 4 is 0 Å². The van der Waals surface area contributed by atoms with Crippen molar-refractivity contribution in [1.29, 1.82) is 0 Å². The maximum atomic E-state index is 5.16. The van der Waals surface area contributed by atoms with Crippen LogP contribution in [0.2, 0.25) is 0 Å². The van der Waals surface area contributed by atoms with Gasteiger partial charge in [0.05, 0.1) is 18.5 Å². The molecule has 0 aliphatic carbocycles. The maximum Gasteiger partial charge on any atom is 0.213 e. The standard InChI is InChI=1S/C14H18N4O.C2H6/c1-17-7-4-8-18-11(10-17)9-13(16-18)12-5-3-6-14(15-12)19-2;1-2/h3,5-6,9H,4,7-8,10H2,1-2H3;1-2H3. The monoisotopic (exact) mass is 288 g/mol. The summed E-state index contributed by atoms with van der Waals surface area (Å²) in [4.78, 5) is 6.76. The maximum absolute atomic E-state index is 5.16. The van der Waals surface area contributed by atoms with Crippen molar-refractivity contribution in [2.45, 2.75) is 33.4 Å². The Hall–Kier alpha value is -1.88. The highest BCUT2D eigenvalue weighted by Gasteiger charge is 2.15. The molecule has 21 heavy (non-hydrogen) atoms. The predicted octanol–water partition coefficient (Wildman–Crippen LogP) is 2.82. The number of ether oxygens (including phenoxy) is 1. The third-order valence-corrected chi connectivity index (χ3v) is 3.40. The van der Waals surface area contributed by atoms with Gasteiger partial charge >= 0.3 is 0 Å². The van der Waals surface area contributed by atoms with E-state index in [-0.39, 0.29) is 0 Å². The molecule has 0 N–H and O–H groups in total. The second-order valence-corrected chi connectivity index (χ2v) is 4.90. The van der Waals surface area contributed by atoms with Crippen LogP contribution in [-0.2, 0) is 13.1 Å². The molecular weight excluding hydrogens is 264 g/mol. The molecule has 2 aromatic rings. The molecule has 5 nitrogen and oxygen atoms in total. The Labute approximate surface area is 126 Å². The minimum atomic E-state index is 0.623. The van der Waals surface area contributed by atoms with Gasteiger partial charge in [-0.3, -0.25) is 4.68 Å². The molecule has 114 valence electrons. The minimum absolute atomic E-state index is 0.623. The molecule has 0 saturated carbocycles. The number of pyridine rings is 1. The molecular formula is C16H24N4O. The van der Waals surface area contributed by atoms with Crippen molar-refractivity contribution < 1.29 is 4.74 Å². The molecule has 0 fully saturated rings. The van der Waals surface area contributed by atoms with Crippen LogP contribution >= 0.6 is 0 Å². The largest absolute Gasteiger partial charge is 0.481 e. The van der Waals surface area contributed by atoms with Crippen molar-refractivity contribution in [3.05, 3.63) is 30.0 Å². The minimum Gasteiger partial charge on any atom is -0.481 e. The highest BCUT2D eigenvalue weighted by Crippen LogP contribution is 2.21. The van der Waals surface area contributed by atoms with Gasteiger partial charge in [0.15, 0.2) is 0 Å². The van der Waals surface area contributed by atoms with Crippen molar-refractivity contribution in [2.24, 2.45) is 0 Å². The van der Waals surface area contributed by atoms with Crippen LogP contribution in [0.3, 0.4) is 0 Å². The van der Waals surface area contributed by atoms with Crippen molar-refractivity contribution in [2.75, 3.05) is 20.7 Å². The molecule has 0 saturated heterocycles. The number of methoxy groups -OCH3 is 1. The second kappa shape index (κ2) is 7.22. The first-order valence-corrected chi connectivity index (χ1v) is 7.53. The van der Waals surface area contributed by atoms with E-state index in [1.165, 1.54) is 5.69 Å². The van der Waals surface area contributed by atoms with Gasteiger partial charge in [-0.25, -0.2) is 4.98 Å². The summed E-state index contributed by atoms with van der Waals surface area (Å²) in [6.07, 6.45) is 1.14. The third-order valence-electron chi connectivity index (χ3n) is 3.40. The normalized spacial score (nSPS) is 14.7. The number of nitrogens with zero attached hydrogens (tertiary/aromatic N) is 4. The third kappa shape index (κ3) is 3.61. The Morgan fingerprint density at radius 1 is 1.14 bits per heavy atom. The van der Waals surface area contributed by atoms with Gasteiger partial charge in [0.1, 0.15) is 5.69 Å². The number of aryl methyl sites for hydroxylation is 1. The molecule has 1 aliphatic rings. The fourth-order valence-corrected chi connectivity index (χ4v) is 2.42. The number of hydrogen-bond donors (Lipinski definition) is 0. The van der Waals surface area contributed by atoms with Crippen molar-refractivity contribution in [3.63, 3.8) is 0 Å². The Balaban J connectivity index is 0.000000774. The summed E-state index contributed by atoms with van der Waals surface area (Å²) in [6, 6.07) is 7.88. The molecule has 3 heterocycles. The highest BCUT2D eigenvalue weighted by molar-refractivity contribution is 5.55. The van der Waals surface area contributed by atoms with Crippen LogP contribution in [-0.4, -0.2) is 40.4 Å². The molecule has 0 bridgehead atoms. The number of aromatic nitrogens is 3. The highest BCUT2D eigenvalue weighted by atomic mass is 16.5. The molecule has 2 aromatic heterocycles. The first kappa shape index (κ1) is 15.5. The summed E-state index contributed by atoms with van der Waals surface area (Å²) in [5.74, 6) is 0.623. The van der Waals surface area contributed by atoms with Crippen molar-refractivity contribution in [3.8, 4) is 17.3 Å². The Bertz CT molecular complexity index is 579. The van der Waals surface area contributed by atoms with Gasteiger partial charge in [0.25, 0.3) is 0 Å². The zero-order valence-electron chi connectivity index (χ0n) is 13.3. The topological polar surface area (TPSA) is 43.2 Å². The summed E-state index contributed by atoms with van der Waals surface area (Å²) in [5, 5.41) is 4.66. The number of fused-ring (bicyclic) bond motifs is 1. The zero-order valence-corrected chi connectivity index (χ0v) is 13.3. The molecule has 0 aromatic carbocycles. The van der Waals surface area contributed by atoms with Crippen LogP contribution < -0.4 is 4.74 Å². The molecule has 3 rings (SSSR count). The van der Waals surface area contributed by atoms with Gasteiger partial charge in [0, 0.05) is 25.7 Å². The molecule has 1 aliphatic heterocycles. The average molecular weight is 288 g/mol. The van der Waals surface area contributed by atoms with Crippen LogP contribution in [0.25, 0.3) is 11.4 Å². The molecule has 0 atom stereocenters. The Morgan fingerprint density at radius 2 is 1.95 bits per heavy atom. The lowest BCUT2D eigenvalue weighted by molar-refractivity contribution is 0.332. The fraction of sp³-hybridized carbons (Fsp3) is 0.500. The van der Waals surface area contributed by atoms with Crippen LogP contribution in [0.4, 0.5) is 0 Å². The Morgan fingerprint density at radius 3 is 2.71 bits per heavy atom. The molecule has 5 heteroatoms. The summed E-state index contributed by atoms with van der Waals surface area (Å²) in [7, 11) is 3.77. The lowest BCUT2D eigenvalue weighted by Gasteiger charge is -2.10. The van der Waals surface area contributed by atoms with Gasteiger partial charge < -0.3 is 9.64 Å². The fourth-order valence-electron chi connectivity index (χ4n) is 2.42. The van der Waals surface area contributed by atoms with Crippen LogP contribution in [0.15, 0.2) is 24.3 Å². The second-order valence-electron chi connectivity index (χ2n) is 4.90. The van der Waals surface area contributed by atoms with Gasteiger partial charge in [-0.1, -0.05) is 19.9 Å². The average Bonchev–Trinajstić information content (AvgIpc) is 2.84. The first-order valence-electron chi connectivity index (χ1n) is 7.53. The predicted molar refractivity (Wildman–Crippen MR) is 84.3 cm³/mol. The molecule has 0 spiro atoms. The van der Waals surface area contributed by atoms with Gasteiger partial charge in [-0.15, -0.1) is 0 Å². The summed E-state index contributed by atoms with van der Waals surface area (Å²) in [6.45, 7) is 7.04.